The Kier molecular flexibility index (Phi) is 5.83. The van der Waals surface area contributed by atoms with Gasteiger partial charge in [-0.25, -0.2) is 9.78 Å². The van der Waals surface area contributed by atoms with Gasteiger partial charge in [-0.1, -0.05) is 15.9 Å². The third-order valence-corrected chi connectivity index (χ3v) is 3.19. The van der Waals surface area contributed by atoms with Crippen LogP contribution in [-0.4, -0.2) is 23.9 Å². The van der Waals surface area contributed by atoms with Gasteiger partial charge in [0.25, 0.3) is 0 Å². The minimum Gasteiger partial charge on any atom is -0.461 e. The van der Waals surface area contributed by atoms with Crippen molar-refractivity contribution in [2.45, 2.75) is 18.6 Å². The van der Waals surface area contributed by atoms with E-state index in [9.17, 15) is 18.0 Å². The van der Waals surface area contributed by atoms with Crippen molar-refractivity contribution in [3.8, 4) is 5.75 Å². The van der Waals surface area contributed by atoms with Gasteiger partial charge in [-0.3, -0.25) is 0 Å². The minimum absolute atomic E-state index is 0.0600. The molecule has 9 heteroatoms. The maximum atomic E-state index is 12.3. The van der Waals surface area contributed by atoms with Crippen molar-refractivity contribution < 1.29 is 27.4 Å². The van der Waals surface area contributed by atoms with E-state index in [4.69, 9.17) is 4.74 Å². The fourth-order valence-corrected chi connectivity index (χ4v) is 2.32. The summed E-state index contributed by atoms with van der Waals surface area (Å²) >= 11 is 4.61. The standard InChI is InChI=1S/C10H8BrF3INO3/c1-2-18-9(17)6-3-5(4-11)7(8(15)16-6)19-10(12,13)14/h3H,2,4H2,1H3. The zero-order chi connectivity index (χ0) is 14.6. The number of hydrogen-bond acceptors (Lipinski definition) is 4. The van der Waals surface area contributed by atoms with Gasteiger partial charge in [0.05, 0.1) is 6.61 Å². The Bertz CT molecular complexity index is 482. The van der Waals surface area contributed by atoms with Crippen LogP contribution in [0.3, 0.4) is 0 Å². The molecule has 0 atom stereocenters. The van der Waals surface area contributed by atoms with Crippen molar-refractivity contribution in [1.82, 2.24) is 4.98 Å². The highest BCUT2D eigenvalue weighted by atomic mass is 127. The fraction of sp³-hybridized carbons (Fsp3) is 0.400. The average molecular weight is 454 g/mol. The number of ether oxygens (including phenoxy) is 2. The molecule has 0 aliphatic rings. The number of alkyl halides is 4. The number of rotatable bonds is 4. The van der Waals surface area contributed by atoms with E-state index in [1.807, 2.05) is 0 Å². The number of halogens is 5. The highest BCUT2D eigenvalue weighted by Crippen LogP contribution is 2.32. The largest absolute Gasteiger partial charge is 0.573 e. The summed E-state index contributed by atoms with van der Waals surface area (Å²) in [6, 6.07) is 1.20. The Hall–Kier alpha value is -0.580. The molecule has 1 heterocycles. The van der Waals surface area contributed by atoms with Crippen LogP contribution in [0.1, 0.15) is 23.0 Å². The molecular weight excluding hydrogens is 446 g/mol. The van der Waals surface area contributed by atoms with Crippen molar-refractivity contribution in [3.05, 3.63) is 21.0 Å². The van der Waals surface area contributed by atoms with Crippen molar-refractivity contribution in [1.29, 1.82) is 0 Å². The lowest BCUT2D eigenvalue weighted by atomic mass is 10.2. The van der Waals surface area contributed by atoms with Crippen molar-refractivity contribution in [2.24, 2.45) is 0 Å². The smallest absolute Gasteiger partial charge is 0.461 e. The van der Waals surface area contributed by atoms with Gasteiger partial charge in [0.1, 0.15) is 9.39 Å². The van der Waals surface area contributed by atoms with Crippen LogP contribution in [0.15, 0.2) is 6.07 Å². The van der Waals surface area contributed by atoms with Gasteiger partial charge in [-0.2, -0.15) is 0 Å². The molecular formula is C10H8BrF3INO3. The number of esters is 1. The Morgan fingerprint density at radius 2 is 2.16 bits per heavy atom. The number of nitrogens with zero attached hydrogens (tertiary/aromatic N) is 1. The first-order valence-electron chi connectivity index (χ1n) is 4.96. The van der Waals surface area contributed by atoms with Crippen molar-refractivity contribution in [3.63, 3.8) is 0 Å². The van der Waals surface area contributed by atoms with Crippen molar-refractivity contribution >= 4 is 44.5 Å². The Balaban J connectivity index is 3.18. The molecule has 1 aromatic rings. The molecule has 0 saturated heterocycles. The minimum atomic E-state index is -4.82. The van der Waals surface area contributed by atoms with Gasteiger partial charge in [0.15, 0.2) is 5.75 Å². The van der Waals surface area contributed by atoms with Gasteiger partial charge in [-0.05, 0) is 35.6 Å². The van der Waals surface area contributed by atoms with Crippen LogP contribution >= 0.6 is 38.5 Å². The quantitative estimate of drug-likeness (QED) is 0.302. The van der Waals surface area contributed by atoms with Crippen molar-refractivity contribution in [2.75, 3.05) is 6.61 Å². The molecule has 0 saturated carbocycles. The van der Waals surface area contributed by atoms with E-state index < -0.39 is 18.1 Å². The molecule has 0 amide bonds. The van der Waals surface area contributed by atoms with Gasteiger partial charge in [0, 0.05) is 10.9 Å². The lowest BCUT2D eigenvalue weighted by Crippen LogP contribution is -2.20. The molecule has 0 bridgehead atoms. The summed E-state index contributed by atoms with van der Waals surface area (Å²) in [6.45, 7) is 1.77. The molecule has 0 aliphatic carbocycles. The second kappa shape index (κ2) is 6.73. The SMILES string of the molecule is CCOC(=O)c1cc(CBr)c(OC(F)(F)F)c(I)n1. The predicted molar refractivity (Wildman–Crippen MR) is 72.2 cm³/mol. The van der Waals surface area contributed by atoms with Gasteiger partial charge < -0.3 is 9.47 Å². The first kappa shape index (κ1) is 16.5. The summed E-state index contributed by atoms with van der Waals surface area (Å²) in [6.07, 6.45) is -4.82. The summed E-state index contributed by atoms with van der Waals surface area (Å²) in [7, 11) is 0. The van der Waals surface area contributed by atoms with E-state index in [0.29, 0.717) is 0 Å². The van der Waals surface area contributed by atoms with Gasteiger partial charge in [0.2, 0.25) is 0 Å². The van der Waals surface area contributed by atoms with E-state index in [1.165, 1.54) is 6.07 Å². The van der Waals surface area contributed by atoms with E-state index in [2.05, 4.69) is 25.7 Å². The maximum absolute atomic E-state index is 12.3. The molecule has 0 unspecified atom stereocenters. The highest BCUT2D eigenvalue weighted by molar-refractivity contribution is 14.1. The molecule has 0 radical (unpaired) electrons. The van der Waals surface area contributed by atoms with Crippen LogP contribution < -0.4 is 4.74 Å². The summed E-state index contributed by atoms with van der Waals surface area (Å²) in [4.78, 5) is 15.2. The zero-order valence-corrected chi connectivity index (χ0v) is 13.3. The average Bonchev–Trinajstić information content (AvgIpc) is 2.30. The summed E-state index contributed by atoms with van der Waals surface area (Å²) in [5.74, 6) is -1.11. The lowest BCUT2D eigenvalue weighted by Gasteiger charge is -2.14. The first-order valence-corrected chi connectivity index (χ1v) is 7.16. The van der Waals surface area contributed by atoms with Crippen LogP contribution in [-0.2, 0) is 10.1 Å². The number of carbonyl (C=O) groups is 1. The maximum Gasteiger partial charge on any atom is 0.573 e. The predicted octanol–water partition coefficient (Wildman–Crippen LogP) is 3.66. The Labute approximate surface area is 128 Å². The first-order chi connectivity index (χ1) is 8.78. The van der Waals surface area contributed by atoms with Gasteiger partial charge >= 0.3 is 12.3 Å². The van der Waals surface area contributed by atoms with E-state index in [-0.39, 0.29) is 26.9 Å². The Morgan fingerprint density at radius 3 is 2.63 bits per heavy atom. The summed E-state index contributed by atoms with van der Waals surface area (Å²) < 4.78 is 45.3. The monoisotopic (exact) mass is 453 g/mol. The normalized spacial score (nSPS) is 11.3. The highest BCUT2D eigenvalue weighted by Gasteiger charge is 2.33. The summed E-state index contributed by atoms with van der Waals surface area (Å²) in [5, 5.41) is 0.0866. The number of pyridine rings is 1. The number of aromatic nitrogens is 1. The van der Waals surface area contributed by atoms with E-state index in [0.717, 1.165) is 0 Å². The van der Waals surface area contributed by atoms with Crippen LogP contribution in [0.2, 0.25) is 0 Å². The molecule has 0 spiro atoms. The topological polar surface area (TPSA) is 48.4 Å². The molecule has 1 aromatic heterocycles. The summed E-state index contributed by atoms with van der Waals surface area (Å²) in [5.41, 5.74) is 0.106. The van der Waals surface area contributed by atoms with E-state index in [1.54, 1.807) is 29.5 Å². The molecule has 0 aromatic carbocycles. The van der Waals surface area contributed by atoms with Crippen LogP contribution in [0.25, 0.3) is 0 Å². The second-order valence-electron chi connectivity index (χ2n) is 3.19. The van der Waals surface area contributed by atoms with Crippen LogP contribution in [0.5, 0.6) is 5.75 Å². The molecule has 0 fully saturated rings. The zero-order valence-electron chi connectivity index (χ0n) is 9.55. The Morgan fingerprint density at radius 1 is 1.53 bits per heavy atom. The molecule has 0 N–H and O–H groups in total. The number of hydrogen-bond donors (Lipinski definition) is 0. The number of carbonyl (C=O) groups excluding carboxylic acids is 1. The fourth-order valence-electron chi connectivity index (χ4n) is 1.18. The second-order valence-corrected chi connectivity index (χ2v) is 4.77. The molecule has 106 valence electrons. The third kappa shape index (κ3) is 4.79. The molecule has 1 rings (SSSR count). The molecule has 4 nitrogen and oxygen atoms in total. The van der Waals surface area contributed by atoms with E-state index >= 15 is 0 Å². The molecule has 19 heavy (non-hydrogen) atoms. The van der Waals surface area contributed by atoms with Gasteiger partial charge in [-0.15, -0.1) is 13.2 Å². The van der Waals surface area contributed by atoms with Crippen LogP contribution in [0, 0.1) is 3.70 Å². The van der Waals surface area contributed by atoms with Crippen LogP contribution in [0.4, 0.5) is 13.2 Å². The molecule has 0 aliphatic heterocycles. The third-order valence-electron chi connectivity index (χ3n) is 1.85. The lowest BCUT2D eigenvalue weighted by molar-refractivity contribution is -0.275.